The second-order valence-electron chi connectivity index (χ2n) is 6.12. The zero-order valence-electron chi connectivity index (χ0n) is 13.4. The maximum Gasteiger partial charge on any atom is 0.236 e. The van der Waals surface area contributed by atoms with Gasteiger partial charge in [-0.05, 0) is 18.9 Å². The van der Waals surface area contributed by atoms with Crippen LogP contribution in [0.15, 0.2) is 48.8 Å². The summed E-state index contributed by atoms with van der Waals surface area (Å²) in [6, 6.07) is 8.32. The van der Waals surface area contributed by atoms with Gasteiger partial charge in [0.1, 0.15) is 11.6 Å². The number of anilines is 1. The predicted octanol–water partition coefficient (Wildman–Crippen LogP) is 3.35. The van der Waals surface area contributed by atoms with Gasteiger partial charge >= 0.3 is 0 Å². The summed E-state index contributed by atoms with van der Waals surface area (Å²) in [4.78, 5) is 16.3. The minimum Gasteiger partial charge on any atom is -0.308 e. The lowest BCUT2D eigenvalue weighted by Crippen LogP contribution is -2.29. The molecular formula is C18H13F3N4O. The largest absolute Gasteiger partial charge is 0.308 e. The van der Waals surface area contributed by atoms with Crippen LogP contribution in [0.4, 0.5) is 19.0 Å². The molecule has 0 atom stereocenters. The first-order valence-electron chi connectivity index (χ1n) is 7.93. The minimum atomic E-state index is -0.908. The molecule has 2 heterocycles. The lowest BCUT2D eigenvalue weighted by Gasteiger charge is -2.15. The third-order valence-corrected chi connectivity index (χ3v) is 4.41. The molecule has 0 bridgehead atoms. The highest BCUT2D eigenvalue weighted by atomic mass is 19.1. The highest BCUT2D eigenvalue weighted by Crippen LogP contribution is 2.49. The van der Waals surface area contributed by atoms with Crippen molar-refractivity contribution in [1.29, 1.82) is 0 Å². The van der Waals surface area contributed by atoms with Gasteiger partial charge in [-0.3, -0.25) is 4.79 Å². The smallest absolute Gasteiger partial charge is 0.236 e. The standard InChI is InChI=1S/C18H13F3N4O/c19-11-9-14(21)16(22-10-11)25-8-5-15(24-25)23-17(26)18(6-7-18)12-3-1-2-4-13(12)20/h1-5,8-10H,6-7H2,(H,23,24,26). The van der Waals surface area contributed by atoms with Gasteiger partial charge in [-0.15, -0.1) is 5.10 Å². The third kappa shape index (κ3) is 2.73. The van der Waals surface area contributed by atoms with Crippen molar-refractivity contribution in [3.63, 3.8) is 0 Å². The molecule has 1 fully saturated rings. The Morgan fingerprint density at radius 2 is 1.88 bits per heavy atom. The second kappa shape index (κ2) is 5.98. The van der Waals surface area contributed by atoms with Crippen molar-refractivity contribution in [3.05, 3.63) is 71.8 Å². The molecule has 1 N–H and O–H groups in total. The Hall–Kier alpha value is -3.16. The molecule has 5 nitrogen and oxygen atoms in total. The Morgan fingerprint density at radius 1 is 1.12 bits per heavy atom. The number of pyridine rings is 1. The molecule has 3 aromatic rings. The maximum atomic E-state index is 14.0. The molecule has 1 aromatic carbocycles. The molecule has 1 aliphatic carbocycles. The number of aromatic nitrogens is 3. The fraction of sp³-hybridized carbons (Fsp3) is 0.167. The number of carbonyl (C=O) groups excluding carboxylic acids is 1. The van der Waals surface area contributed by atoms with E-state index in [4.69, 9.17) is 0 Å². The Bertz CT molecular complexity index is 998. The van der Waals surface area contributed by atoms with Gasteiger partial charge in [0.25, 0.3) is 0 Å². The van der Waals surface area contributed by atoms with Crippen molar-refractivity contribution < 1.29 is 18.0 Å². The Balaban J connectivity index is 1.56. The van der Waals surface area contributed by atoms with E-state index in [1.54, 1.807) is 18.2 Å². The first-order chi connectivity index (χ1) is 12.5. The molecule has 26 heavy (non-hydrogen) atoms. The van der Waals surface area contributed by atoms with Gasteiger partial charge in [0.15, 0.2) is 17.5 Å². The molecule has 0 radical (unpaired) electrons. The number of rotatable bonds is 4. The molecule has 1 aliphatic rings. The lowest BCUT2D eigenvalue weighted by atomic mass is 9.94. The van der Waals surface area contributed by atoms with Gasteiger partial charge in [-0.1, -0.05) is 18.2 Å². The van der Waals surface area contributed by atoms with Crippen LogP contribution in [0.1, 0.15) is 18.4 Å². The van der Waals surface area contributed by atoms with Crippen molar-refractivity contribution >= 4 is 11.7 Å². The average Bonchev–Trinajstić information content (AvgIpc) is 3.29. The van der Waals surface area contributed by atoms with E-state index in [0.717, 1.165) is 10.9 Å². The van der Waals surface area contributed by atoms with E-state index in [-0.39, 0.29) is 17.5 Å². The van der Waals surface area contributed by atoms with Crippen molar-refractivity contribution in [3.8, 4) is 5.82 Å². The van der Waals surface area contributed by atoms with Crippen LogP contribution in [-0.4, -0.2) is 20.7 Å². The van der Waals surface area contributed by atoms with Gasteiger partial charge in [0.2, 0.25) is 5.91 Å². The summed E-state index contributed by atoms with van der Waals surface area (Å²) in [7, 11) is 0. The van der Waals surface area contributed by atoms with E-state index in [1.807, 2.05) is 0 Å². The van der Waals surface area contributed by atoms with Crippen LogP contribution in [0, 0.1) is 17.5 Å². The molecule has 1 saturated carbocycles. The predicted molar refractivity (Wildman–Crippen MR) is 87.2 cm³/mol. The van der Waals surface area contributed by atoms with E-state index in [1.165, 1.54) is 18.3 Å². The normalized spacial score (nSPS) is 14.9. The van der Waals surface area contributed by atoms with Crippen molar-refractivity contribution in [1.82, 2.24) is 14.8 Å². The molecule has 1 amide bonds. The zero-order valence-corrected chi connectivity index (χ0v) is 13.4. The summed E-state index contributed by atoms with van der Waals surface area (Å²) in [6.07, 6.45) is 3.33. The van der Waals surface area contributed by atoms with Crippen molar-refractivity contribution in [2.75, 3.05) is 5.32 Å². The fourth-order valence-corrected chi connectivity index (χ4v) is 2.91. The van der Waals surface area contributed by atoms with Gasteiger partial charge in [-0.25, -0.2) is 22.8 Å². The molecule has 4 rings (SSSR count). The van der Waals surface area contributed by atoms with Crippen LogP contribution < -0.4 is 5.32 Å². The fourth-order valence-electron chi connectivity index (χ4n) is 2.91. The number of amides is 1. The number of hydrogen-bond acceptors (Lipinski definition) is 3. The molecule has 0 unspecified atom stereocenters. The first kappa shape index (κ1) is 16.3. The molecule has 0 saturated heterocycles. The molecule has 8 heteroatoms. The Kier molecular flexibility index (Phi) is 3.75. The number of halogens is 3. The number of carbonyl (C=O) groups is 1. The van der Waals surface area contributed by atoms with Gasteiger partial charge in [0, 0.05) is 23.9 Å². The zero-order chi connectivity index (χ0) is 18.3. The van der Waals surface area contributed by atoms with E-state index in [0.29, 0.717) is 24.5 Å². The number of hydrogen-bond donors (Lipinski definition) is 1. The second-order valence-corrected chi connectivity index (χ2v) is 6.12. The molecule has 132 valence electrons. The van der Waals surface area contributed by atoms with Crippen molar-refractivity contribution in [2.24, 2.45) is 0 Å². The Labute approximate surface area is 146 Å². The number of nitrogens with one attached hydrogen (secondary N) is 1. The summed E-state index contributed by atoms with van der Waals surface area (Å²) in [5.74, 6) is -2.50. The lowest BCUT2D eigenvalue weighted by molar-refractivity contribution is -0.118. The summed E-state index contributed by atoms with van der Waals surface area (Å²) < 4.78 is 41.9. The molecule has 0 spiro atoms. The molecular weight excluding hydrogens is 345 g/mol. The highest BCUT2D eigenvalue weighted by Gasteiger charge is 2.52. The first-order valence-corrected chi connectivity index (χ1v) is 7.93. The average molecular weight is 358 g/mol. The summed E-state index contributed by atoms with van der Waals surface area (Å²) in [5, 5.41) is 6.66. The molecule has 0 aliphatic heterocycles. The van der Waals surface area contributed by atoms with Crippen LogP contribution in [0.3, 0.4) is 0 Å². The van der Waals surface area contributed by atoms with Gasteiger partial charge in [0.05, 0.1) is 11.6 Å². The molecule has 2 aromatic heterocycles. The topological polar surface area (TPSA) is 59.8 Å². The van der Waals surface area contributed by atoms with E-state index in [9.17, 15) is 18.0 Å². The van der Waals surface area contributed by atoms with Crippen LogP contribution in [0.2, 0.25) is 0 Å². The summed E-state index contributed by atoms with van der Waals surface area (Å²) in [6.45, 7) is 0. The van der Waals surface area contributed by atoms with Crippen molar-refractivity contribution in [2.45, 2.75) is 18.3 Å². The summed E-state index contributed by atoms with van der Waals surface area (Å²) in [5.41, 5.74) is -0.558. The van der Waals surface area contributed by atoms with Crippen LogP contribution in [0.5, 0.6) is 0 Å². The van der Waals surface area contributed by atoms with Crippen LogP contribution >= 0.6 is 0 Å². The maximum absolute atomic E-state index is 14.0. The van der Waals surface area contributed by atoms with Gasteiger partial charge in [-0.2, -0.15) is 0 Å². The monoisotopic (exact) mass is 358 g/mol. The third-order valence-electron chi connectivity index (χ3n) is 4.41. The number of nitrogens with zero attached hydrogens (tertiary/aromatic N) is 3. The minimum absolute atomic E-state index is 0.170. The summed E-state index contributed by atoms with van der Waals surface area (Å²) >= 11 is 0. The van der Waals surface area contributed by atoms with E-state index >= 15 is 0 Å². The van der Waals surface area contributed by atoms with E-state index < -0.39 is 22.9 Å². The van der Waals surface area contributed by atoms with Crippen LogP contribution in [-0.2, 0) is 10.2 Å². The quantitative estimate of drug-likeness (QED) is 0.778. The number of benzene rings is 1. The highest BCUT2D eigenvalue weighted by molar-refractivity contribution is 6.00. The van der Waals surface area contributed by atoms with E-state index in [2.05, 4.69) is 15.4 Å². The van der Waals surface area contributed by atoms with Crippen LogP contribution in [0.25, 0.3) is 5.82 Å². The van der Waals surface area contributed by atoms with Gasteiger partial charge < -0.3 is 5.32 Å². The Morgan fingerprint density at radius 3 is 2.58 bits per heavy atom. The SMILES string of the molecule is O=C(Nc1ccn(-c2ncc(F)cc2F)n1)C1(c2ccccc2F)CC1.